The standard InChI is InChI=1S/C10H13N5O2/c1-15-3-2-11-9(15)8-13-10(17-14-8)7-4-6(16)5-12-7/h2-3,6-7,12,16H,4-5H2,1H3/t6?,7-/m0/s1. The Morgan fingerprint density at radius 2 is 2.47 bits per heavy atom. The number of imidazole rings is 1. The van der Waals surface area contributed by atoms with Gasteiger partial charge in [0, 0.05) is 26.0 Å². The molecule has 0 bridgehead atoms. The number of nitrogens with one attached hydrogen (secondary N) is 1. The Balaban J connectivity index is 1.86. The molecule has 1 saturated heterocycles. The van der Waals surface area contributed by atoms with Crippen LogP contribution in [0.3, 0.4) is 0 Å². The molecule has 2 N–H and O–H groups in total. The summed E-state index contributed by atoms with van der Waals surface area (Å²) in [4.78, 5) is 8.44. The molecule has 0 aliphatic carbocycles. The summed E-state index contributed by atoms with van der Waals surface area (Å²) in [6, 6.07) is -0.0634. The Bertz CT molecular complexity index is 520. The average molecular weight is 235 g/mol. The molecule has 0 spiro atoms. The van der Waals surface area contributed by atoms with Crippen molar-refractivity contribution in [1.82, 2.24) is 25.0 Å². The smallest absolute Gasteiger partial charge is 0.244 e. The number of aryl methyl sites for hydroxylation is 1. The molecule has 7 nitrogen and oxygen atoms in total. The lowest BCUT2D eigenvalue weighted by atomic mass is 10.2. The third-order valence-electron chi connectivity index (χ3n) is 2.87. The van der Waals surface area contributed by atoms with Crippen molar-refractivity contribution in [3.63, 3.8) is 0 Å². The Kier molecular flexibility index (Phi) is 2.41. The predicted molar refractivity (Wildman–Crippen MR) is 57.9 cm³/mol. The number of hydrogen-bond donors (Lipinski definition) is 2. The van der Waals surface area contributed by atoms with Gasteiger partial charge in [-0.25, -0.2) is 4.98 Å². The van der Waals surface area contributed by atoms with Gasteiger partial charge in [0.1, 0.15) is 0 Å². The minimum Gasteiger partial charge on any atom is -0.392 e. The number of aliphatic hydroxyl groups is 1. The largest absolute Gasteiger partial charge is 0.392 e. The van der Waals surface area contributed by atoms with Gasteiger partial charge in [0.2, 0.25) is 11.7 Å². The van der Waals surface area contributed by atoms with Crippen molar-refractivity contribution in [1.29, 1.82) is 0 Å². The summed E-state index contributed by atoms with van der Waals surface area (Å²) in [7, 11) is 1.87. The number of rotatable bonds is 2. The van der Waals surface area contributed by atoms with E-state index in [1.165, 1.54) is 0 Å². The minimum absolute atomic E-state index is 0.0634. The fraction of sp³-hybridized carbons (Fsp3) is 0.500. The van der Waals surface area contributed by atoms with Gasteiger partial charge in [-0.3, -0.25) is 0 Å². The third kappa shape index (κ3) is 1.83. The van der Waals surface area contributed by atoms with Crippen molar-refractivity contribution < 1.29 is 9.63 Å². The van der Waals surface area contributed by atoms with E-state index in [0.717, 1.165) is 0 Å². The number of β-amino-alcohol motifs (C(OH)–C–C–N with tert-alkyl or cyclic N) is 1. The highest BCUT2D eigenvalue weighted by atomic mass is 16.5. The molecule has 0 radical (unpaired) electrons. The summed E-state index contributed by atoms with van der Waals surface area (Å²) < 4.78 is 7.01. The zero-order valence-corrected chi connectivity index (χ0v) is 9.37. The monoisotopic (exact) mass is 235 g/mol. The molecule has 0 aromatic carbocycles. The second-order valence-corrected chi connectivity index (χ2v) is 4.17. The summed E-state index contributed by atoms with van der Waals surface area (Å²) in [5.74, 6) is 1.63. The van der Waals surface area contributed by atoms with E-state index in [1.807, 2.05) is 17.8 Å². The lowest BCUT2D eigenvalue weighted by Crippen LogP contribution is -2.15. The lowest BCUT2D eigenvalue weighted by Gasteiger charge is -2.01. The third-order valence-corrected chi connectivity index (χ3v) is 2.87. The first-order chi connectivity index (χ1) is 8.24. The molecular formula is C10H13N5O2. The molecule has 1 aliphatic rings. The molecule has 0 saturated carbocycles. The highest BCUT2D eigenvalue weighted by Gasteiger charge is 2.28. The van der Waals surface area contributed by atoms with E-state index < -0.39 is 0 Å². The average Bonchev–Trinajstić information content (AvgIpc) is 2.97. The van der Waals surface area contributed by atoms with Gasteiger partial charge in [-0.15, -0.1) is 0 Å². The van der Waals surface area contributed by atoms with E-state index >= 15 is 0 Å². The molecule has 1 aliphatic heterocycles. The first kappa shape index (κ1) is 10.4. The van der Waals surface area contributed by atoms with Crippen molar-refractivity contribution in [3.8, 4) is 11.6 Å². The minimum atomic E-state index is -0.344. The van der Waals surface area contributed by atoms with Gasteiger partial charge in [-0.05, 0) is 6.42 Å². The van der Waals surface area contributed by atoms with E-state index in [1.54, 1.807) is 6.20 Å². The second kappa shape index (κ2) is 3.94. The summed E-state index contributed by atoms with van der Waals surface area (Å²) in [6.45, 7) is 0.560. The summed E-state index contributed by atoms with van der Waals surface area (Å²) in [5, 5.41) is 16.4. The van der Waals surface area contributed by atoms with Crippen LogP contribution in [-0.4, -0.2) is 37.4 Å². The zero-order valence-electron chi connectivity index (χ0n) is 9.37. The molecule has 2 atom stereocenters. The first-order valence-electron chi connectivity index (χ1n) is 5.47. The van der Waals surface area contributed by atoms with E-state index in [2.05, 4.69) is 20.4 Å². The van der Waals surface area contributed by atoms with Crippen LogP contribution in [0.4, 0.5) is 0 Å². The van der Waals surface area contributed by atoms with Gasteiger partial charge in [-0.1, -0.05) is 5.16 Å². The molecule has 7 heteroatoms. The second-order valence-electron chi connectivity index (χ2n) is 4.17. The molecular weight excluding hydrogens is 222 g/mol. The molecule has 3 rings (SSSR count). The Hall–Kier alpha value is -1.73. The predicted octanol–water partition coefficient (Wildman–Crippen LogP) is -0.135. The lowest BCUT2D eigenvalue weighted by molar-refractivity contribution is 0.191. The van der Waals surface area contributed by atoms with Crippen molar-refractivity contribution >= 4 is 0 Å². The van der Waals surface area contributed by atoms with Crippen LogP contribution >= 0.6 is 0 Å². The zero-order chi connectivity index (χ0) is 11.8. The SMILES string of the molecule is Cn1ccnc1-c1noc([C@@H]2CC(O)CN2)n1. The fourth-order valence-corrected chi connectivity index (χ4v) is 1.95. The molecule has 0 amide bonds. The van der Waals surface area contributed by atoms with E-state index in [0.29, 0.717) is 30.5 Å². The van der Waals surface area contributed by atoms with Crippen LogP contribution in [0, 0.1) is 0 Å². The van der Waals surface area contributed by atoms with Gasteiger partial charge in [0.25, 0.3) is 0 Å². The Labute approximate surface area is 97.5 Å². The first-order valence-corrected chi connectivity index (χ1v) is 5.47. The highest BCUT2D eigenvalue weighted by molar-refractivity contribution is 5.42. The van der Waals surface area contributed by atoms with Crippen LogP contribution < -0.4 is 5.32 Å². The quantitative estimate of drug-likeness (QED) is 0.753. The molecule has 90 valence electrons. The Morgan fingerprint density at radius 3 is 3.12 bits per heavy atom. The normalized spacial score (nSPS) is 24.4. The number of hydrogen-bond acceptors (Lipinski definition) is 6. The summed E-state index contributed by atoms with van der Waals surface area (Å²) in [5.41, 5.74) is 0. The van der Waals surface area contributed by atoms with Crippen LogP contribution in [0.2, 0.25) is 0 Å². The van der Waals surface area contributed by atoms with Crippen molar-refractivity contribution in [2.24, 2.45) is 7.05 Å². The van der Waals surface area contributed by atoms with E-state index in [9.17, 15) is 5.11 Å². The molecule has 2 aromatic heterocycles. The van der Waals surface area contributed by atoms with Crippen molar-refractivity contribution in [3.05, 3.63) is 18.3 Å². The van der Waals surface area contributed by atoms with Crippen molar-refractivity contribution in [2.75, 3.05) is 6.54 Å². The van der Waals surface area contributed by atoms with E-state index in [4.69, 9.17) is 4.52 Å². The molecule has 17 heavy (non-hydrogen) atoms. The van der Waals surface area contributed by atoms with Gasteiger partial charge in [-0.2, -0.15) is 4.98 Å². The van der Waals surface area contributed by atoms with Crippen LogP contribution in [-0.2, 0) is 7.05 Å². The molecule has 1 unspecified atom stereocenters. The summed E-state index contributed by atoms with van der Waals surface area (Å²) >= 11 is 0. The number of aromatic nitrogens is 4. The fourth-order valence-electron chi connectivity index (χ4n) is 1.95. The van der Waals surface area contributed by atoms with Gasteiger partial charge in [0.15, 0.2) is 5.82 Å². The topological polar surface area (TPSA) is 89.0 Å². The van der Waals surface area contributed by atoms with Crippen molar-refractivity contribution in [2.45, 2.75) is 18.6 Å². The number of aliphatic hydroxyl groups excluding tert-OH is 1. The Morgan fingerprint density at radius 1 is 1.59 bits per heavy atom. The molecule has 3 heterocycles. The van der Waals surface area contributed by atoms with E-state index in [-0.39, 0.29) is 12.1 Å². The van der Waals surface area contributed by atoms with Crippen LogP contribution in [0.1, 0.15) is 18.4 Å². The maximum atomic E-state index is 9.43. The van der Waals surface area contributed by atoms with Crippen LogP contribution in [0.15, 0.2) is 16.9 Å². The summed E-state index contributed by atoms with van der Waals surface area (Å²) in [6.07, 6.45) is 3.76. The van der Waals surface area contributed by atoms with Crippen LogP contribution in [0.5, 0.6) is 0 Å². The van der Waals surface area contributed by atoms with Crippen LogP contribution in [0.25, 0.3) is 11.6 Å². The molecule has 1 fully saturated rings. The van der Waals surface area contributed by atoms with Gasteiger partial charge in [0.05, 0.1) is 12.1 Å². The maximum Gasteiger partial charge on any atom is 0.244 e. The highest BCUT2D eigenvalue weighted by Crippen LogP contribution is 2.23. The number of nitrogens with zero attached hydrogens (tertiary/aromatic N) is 4. The van der Waals surface area contributed by atoms with Gasteiger partial charge < -0.3 is 19.5 Å². The molecule has 2 aromatic rings. The van der Waals surface area contributed by atoms with Gasteiger partial charge >= 0.3 is 0 Å². The maximum absolute atomic E-state index is 9.43.